The molecule has 1 aliphatic rings. The smallest absolute Gasteiger partial charge is 0.123 e. The van der Waals surface area contributed by atoms with Gasteiger partial charge in [0.2, 0.25) is 0 Å². The second kappa shape index (κ2) is 6.08. The molecule has 1 unspecified atom stereocenters. The predicted molar refractivity (Wildman–Crippen MR) is 87.7 cm³/mol. The maximum Gasteiger partial charge on any atom is 0.123 e. The minimum Gasteiger partial charge on any atom is -0.497 e. The number of rotatable bonds is 4. The van der Waals surface area contributed by atoms with Gasteiger partial charge in [-0.25, -0.2) is 0 Å². The van der Waals surface area contributed by atoms with Crippen LogP contribution in [0, 0.1) is 0 Å². The zero-order valence-corrected chi connectivity index (χ0v) is 13.2. The number of anilines is 1. The Morgan fingerprint density at radius 1 is 1.33 bits per heavy atom. The van der Waals surface area contributed by atoms with Gasteiger partial charge in [0.25, 0.3) is 0 Å². The summed E-state index contributed by atoms with van der Waals surface area (Å²) in [5.41, 5.74) is 7.93. The van der Waals surface area contributed by atoms with Gasteiger partial charge in [0.15, 0.2) is 0 Å². The molecule has 0 aromatic heterocycles. The topological polar surface area (TPSA) is 44.5 Å². The van der Waals surface area contributed by atoms with Gasteiger partial charge in [-0.15, -0.1) is 11.8 Å². The van der Waals surface area contributed by atoms with Crippen LogP contribution in [0.4, 0.5) is 5.69 Å². The summed E-state index contributed by atoms with van der Waals surface area (Å²) < 4.78 is 11.2. The number of thioether (sulfide) groups is 1. The molecule has 2 aromatic carbocycles. The highest BCUT2D eigenvalue weighted by molar-refractivity contribution is 7.99. The van der Waals surface area contributed by atoms with Crippen LogP contribution in [0.25, 0.3) is 0 Å². The molecule has 0 amide bonds. The fourth-order valence-corrected chi connectivity index (χ4v) is 3.51. The van der Waals surface area contributed by atoms with Crippen molar-refractivity contribution in [3.63, 3.8) is 0 Å². The highest BCUT2D eigenvalue weighted by Crippen LogP contribution is 2.35. The summed E-state index contributed by atoms with van der Waals surface area (Å²) in [5.74, 6) is 2.58. The number of hydrogen-bond acceptors (Lipinski definition) is 4. The summed E-state index contributed by atoms with van der Waals surface area (Å²) >= 11 is 7.69. The Balaban J connectivity index is 1.65. The summed E-state index contributed by atoms with van der Waals surface area (Å²) in [6.45, 7) is 0. The van der Waals surface area contributed by atoms with Crippen molar-refractivity contribution in [3.8, 4) is 11.5 Å². The van der Waals surface area contributed by atoms with E-state index in [1.807, 2.05) is 36.4 Å². The molecule has 1 atom stereocenters. The van der Waals surface area contributed by atoms with Crippen LogP contribution in [-0.4, -0.2) is 19.0 Å². The average molecular weight is 322 g/mol. The van der Waals surface area contributed by atoms with Gasteiger partial charge in [0.1, 0.15) is 17.6 Å². The van der Waals surface area contributed by atoms with E-state index in [0.29, 0.717) is 0 Å². The summed E-state index contributed by atoms with van der Waals surface area (Å²) in [5, 5.41) is 0.752. The van der Waals surface area contributed by atoms with Gasteiger partial charge in [-0.2, -0.15) is 0 Å². The first-order valence-corrected chi connectivity index (χ1v) is 8.03. The van der Waals surface area contributed by atoms with Gasteiger partial charge < -0.3 is 15.2 Å². The zero-order chi connectivity index (χ0) is 14.8. The molecule has 2 N–H and O–H groups in total. The molecule has 1 heterocycles. The Kier molecular flexibility index (Phi) is 4.17. The highest BCUT2D eigenvalue weighted by Gasteiger charge is 2.23. The van der Waals surface area contributed by atoms with Crippen molar-refractivity contribution >= 4 is 29.1 Å². The monoisotopic (exact) mass is 321 g/mol. The molecule has 0 fully saturated rings. The molecule has 0 radical (unpaired) electrons. The van der Waals surface area contributed by atoms with E-state index in [1.165, 1.54) is 5.56 Å². The van der Waals surface area contributed by atoms with Crippen LogP contribution in [0.2, 0.25) is 5.02 Å². The fraction of sp³-hybridized carbons (Fsp3) is 0.250. The van der Waals surface area contributed by atoms with E-state index in [4.69, 9.17) is 26.8 Å². The number of benzene rings is 2. The van der Waals surface area contributed by atoms with Gasteiger partial charge in [0.05, 0.1) is 7.11 Å². The van der Waals surface area contributed by atoms with Crippen LogP contribution in [0.5, 0.6) is 11.5 Å². The van der Waals surface area contributed by atoms with Crippen LogP contribution in [0.1, 0.15) is 5.56 Å². The lowest BCUT2D eigenvalue weighted by Crippen LogP contribution is -2.15. The molecule has 2 aromatic rings. The molecule has 3 nitrogen and oxygen atoms in total. The fourth-order valence-electron chi connectivity index (χ4n) is 2.33. The predicted octanol–water partition coefficient (Wildman–Crippen LogP) is 4.03. The standard InChI is InChI=1S/C16H16ClNO2S/c1-19-12-3-4-14(18)16(8-12)21-9-13-7-10-6-11(17)2-5-15(10)20-13/h2-6,8,13H,7,9,18H2,1H3. The lowest BCUT2D eigenvalue weighted by Gasteiger charge is -2.12. The molecule has 0 saturated carbocycles. The number of hydrogen-bond donors (Lipinski definition) is 1. The van der Waals surface area contributed by atoms with E-state index in [1.54, 1.807) is 18.9 Å². The van der Waals surface area contributed by atoms with Crippen LogP contribution < -0.4 is 15.2 Å². The first kappa shape index (κ1) is 14.4. The number of nitrogens with two attached hydrogens (primary N) is 1. The van der Waals surface area contributed by atoms with Crippen molar-refractivity contribution < 1.29 is 9.47 Å². The molecular weight excluding hydrogens is 306 g/mol. The minimum atomic E-state index is 0.147. The normalized spacial score (nSPS) is 16.4. The summed E-state index contributed by atoms with van der Waals surface area (Å²) in [6.07, 6.45) is 1.03. The van der Waals surface area contributed by atoms with Gasteiger partial charge in [-0.05, 0) is 42.0 Å². The summed E-state index contributed by atoms with van der Waals surface area (Å²) in [6, 6.07) is 11.5. The third-order valence-electron chi connectivity index (χ3n) is 3.41. The Labute approximate surface area is 133 Å². The van der Waals surface area contributed by atoms with E-state index in [2.05, 4.69) is 0 Å². The largest absolute Gasteiger partial charge is 0.497 e. The highest BCUT2D eigenvalue weighted by atomic mass is 35.5. The van der Waals surface area contributed by atoms with Gasteiger partial charge >= 0.3 is 0 Å². The first-order chi connectivity index (χ1) is 10.2. The van der Waals surface area contributed by atoms with Gasteiger partial charge in [0, 0.05) is 27.8 Å². The Hall–Kier alpha value is -1.52. The molecule has 5 heteroatoms. The van der Waals surface area contributed by atoms with E-state index >= 15 is 0 Å². The second-order valence-corrected chi connectivity index (χ2v) is 6.41. The van der Waals surface area contributed by atoms with Crippen LogP contribution in [0.3, 0.4) is 0 Å². The molecule has 0 saturated heterocycles. The molecule has 3 rings (SSSR count). The number of ether oxygens (including phenoxy) is 2. The van der Waals surface area contributed by atoms with Crippen LogP contribution >= 0.6 is 23.4 Å². The van der Waals surface area contributed by atoms with E-state index in [0.717, 1.165) is 39.3 Å². The van der Waals surface area contributed by atoms with Crippen molar-refractivity contribution in [2.24, 2.45) is 0 Å². The third-order valence-corrected chi connectivity index (χ3v) is 4.85. The average Bonchev–Trinajstić information content (AvgIpc) is 2.88. The molecule has 21 heavy (non-hydrogen) atoms. The van der Waals surface area contributed by atoms with Crippen molar-refractivity contribution in [1.29, 1.82) is 0 Å². The van der Waals surface area contributed by atoms with Crippen molar-refractivity contribution in [2.75, 3.05) is 18.6 Å². The van der Waals surface area contributed by atoms with Crippen molar-refractivity contribution in [2.45, 2.75) is 17.4 Å². The number of methoxy groups -OCH3 is 1. The van der Waals surface area contributed by atoms with Crippen LogP contribution in [-0.2, 0) is 6.42 Å². The SMILES string of the molecule is COc1ccc(N)c(SCC2Cc3cc(Cl)ccc3O2)c1. The summed E-state index contributed by atoms with van der Waals surface area (Å²) in [7, 11) is 1.65. The molecule has 0 aliphatic carbocycles. The number of halogens is 1. The van der Waals surface area contributed by atoms with Crippen molar-refractivity contribution in [3.05, 3.63) is 47.0 Å². The third kappa shape index (κ3) is 3.22. The summed E-state index contributed by atoms with van der Waals surface area (Å²) in [4.78, 5) is 1.02. The molecule has 1 aliphatic heterocycles. The number of nitrogen functional groups attached to an aromatic ring is 1. The van der Waals surface area contributed by atoms with Crippen LogP contribution in [0.15, 0.2) is 41.3 Å². The number of fused-ring (bicyclic) bond motifs is 1. The van der Waals surface area contributed by atoms with E-state index in [-0.39, 0.29) is 6.10 Å². The van der Waals surface area contributed by atoms with Crippen molar-refractivity contribution in [1.82, 2.24) is 0 Å². The second-order valence-electron chi connectivity index (χ2n) is 4.91. The van der Waals surface area contributed by atoms with Gasteiger partial charge in [-0.3, -0.25) is 0 Å². The maximum absolute atomic E-state index is 6.01. The zero-order valence-electron chi connectivity index (χ0n) is 11.6. The Bertz CT molecular complexity index is 663. The van der Waals surface area contributed by atoms with Gasteiger partial charge in [-0.1, -0.05) is 11.6 Å². The maximum atomic E-state index is 6.01. The van der Waals surface area contributed by atoms with E-state index < -0.39 is 0 Å². The Morgan fingerprint density at radius 3 is 3.00 bits per heavy atom. The molecular formula is C16H16ClNO2S. The molecule has 0 spiro atoms. The Morgan fingerprint density at radius 2 is 2.19 bits per heavy atom. The minimum absolute atomic E-state index is 0.147. The molecule has 110 valence electrons. The quantitative estimate of drug-likeness (QED) is 0.682. The van der Waals surface area contributed by atoms with E-state index in [9.17, 15) is 0 Å². The lowest BCUT2D eigenvalue weighted by atomic mass is 10.1. The lowest BCUT2D eigenvalue weighted by molar-refractivity contribution is 0.259. The molecule has 0 bridgehead atoms. The first-order valence-electron chi connectivity index (χ1n) is 6.67.